The van der Waals surface area contributed by atoms with Crippen molar-refractivity contribution in [3.05, 3.63) is 134 Å². The molecule has 0 fully saturated rings. The van der Waals surface area contributed by atoms with E-state index in [-0.39, 0.29) is 26.1 Å². The molecule has 0 saturated carbocycles. The first-order valence-electron chi connectivity index (χ1n) is 30.9. The molecule has 0 aromatic rings. The van der Waals surface area contributed by atoms with Gasteiger partial charge < -0.3 is 18.9 Å². The molecule has 1 N–H and O–H groups in total. The molecule has 0 bridgehead atoms. The van der Waals surface area contributed by atoms with Gasteiger partial charge in [0.05, 0.1) is 34.2 Å². The summed E-state index contributed by atoms with van der Waals surface area (Å²) in [6.45, 7) is 4.08. The summed E-state index contributed by atoms with van der Waals surface area (Å²) in [6.07, 6.45) is 84.4. The minimum Gasteiger partial charge on any atom is -0.461 e. The van der Waals surface area contributed by atoms with Crippen LogP contribution in [0.3, 0.4) is 0 Å². The summed E-state index contributed by atoms with van der Waals surface area (Å²) in [5, 5.41) is 0. The first-order chi connectivity index (χ1) is 38.0. The highest BCUT2D eigenvalue weighted by molar-refractivity contribution is 7.47. The van der Waals surface area contributed by atoms with E-state index < -0.39 is 32.5 Å². The molecule has 2 unspecified atom stereocenters. The third-order valence-corrected chi connectivity index (χ3v) is 13.7. The van der Waals surface area contributed by atoms with E-state index in [9.17, 15) is 19.0 Å². The van der Waals surface area contributed by atoms with Crippen LogP contribution in [-0.2, 0) is 32.7 Å². The van der Waals surface area contributed by atoms with Crippen LogP contribution in [0.25, 0.3) is 0 Å². The lowest BCUT2D eigenvalue weighted by atomic mass is 10.0. The Balaban J connectivity index is 4.03. The number of likely N-dealkylation sites (N-methyl/N-ethyl adjacent to an activating group) is 1. The van der Waals surface area contributed by atoms with Gasteiger partial charge in [-0.25, -0.2) is 4.57 Å². The number of carbonyl (C=O) groups excluding carboxylic acids is 2. The van der Waals surface area contributed by atoms with Gasteiger partial charge in [0.15, 0.2) is 6.10 Å². The molecule has 0 heterocycles. The van der Waals surface area contributed by atoms with Crippen molar-refractivity contribution in [3.63, 3.8) is 0 Å². The van der Waals surface area contributed by atoms with E-state index in [1.807, 2.05) is 33.3 Å². The molecule has 0 saturated heterocycles. The topological polar surface area (TPSA) is 108 Å². The summed E-state index contributed by atoms with van der Waals surface area (Å²) >= 11 is 0. The average molecular weight is 1110 g/mol. The zero-order valence-corrected chi connectivity index (χ0v) is 51.2. The van der Waals surface area contributed by atoms with E-state index in [0.29, 0.717) is 23.9 Å². The predicted octanol–water partition coefficient (Wildman–Crippen LogP) is 19.7. The van der Waals surface area contributed by atoms with Crippen LogP contribution in [0, 0.1) is 0 Å². The van der Waals surface area contributed by atoms with Crippen LogP contribution in [0.15, 0.2) is 134 Å². The summed E-state index contributed by atoms with van der Waals surface area (Å²) in [7, 11) is 1.42. The number of phosphoric acid groups is 1. The molecule has 0 radical (unpaired) electrons. The van der Waals surface area contributed by atoms with Gasteiger partial charge in [-0.1, -0.05) is 263 Å². The van der Waals surface area contributed by atoms with Crippen molar-refractivity contribution in [3.8, 4) is 0 Å². The molecule has 0 spiro atoms. The van der Waals surface area contributed by atoms with Gasteiger partial charge in [0.1, 0.15) is 19.8 Å². The van der Waals surface area contributed by atoms with Crippen LogP contribution in [0.1, 0.15) is 232 Å². The number of esters is 2. The number of nitrogens with zero attached hydrogens (tertiary/aromatic N) is 1. The molecule has 0 aromatic heterocycles. The Labute approximate surface area is 479 Å². The molecule has 0 rings (SSSR count). The summed E-state index contributed by atoms with van der Waals surface area (Å²) in [5.41, 5.74) is 0. The van der Waals surface area contributed by atoms with E-state index in [2.05, 4.69) is 129 Å². The monoisotopic (exact) mass is 1100 g/mol. The second-order valence-electron chi connectivity index (χ2n) is 21.3. The van der Waals surface area contributed by atoms with Crippen molar-refractivity contribution >= 4 is 19.8 Å². The summed E-state index contributed by atoms with van der Waals surface area (Å²) < 4.78 is 34.4. The lowest BCUT2D eigenvalue weighted by molar-refractivity contribution is -0.870. The van der Waals surface area contributed by atoms with Crippen LogP contribution < -0.4 is 0 Å². The quantitative estimate of drug-likeness (QED) is 0.0211. The number of carbonyl (C=O) groups is 2. The highest BCUT2D eigenvalue weighted by Gasteiger charge is 2.27. The summed E-state index contributed by atoms with van der Waals surface area (Å²) in [4.78, 5) is 35.6. The van der Waals surface area contributed by atoms with Gasteiger partial charge in [0, 0.05) is 6.42 Å². The van der Waals surface area contributed by atoms with E-state index in [1.165, 1.54) is 109 Å². The Hall–Kier alpha value is -3.85. The second kappa shape index (κ2) is 57.8. The lowest BCUT2D eigenvalue weighted by Gasteiger charge is -2.24. The Morgan fingerprint density at radius 2 is 0.731 bits per heavy atom. The molecular weight excluding hydrogens is 990 g/mol. The predicted molar refractivity (Wildman–Crippen MR) is 334 cm³/mol. The highest BCUT2D eigenvalue weighted by Crippen LogP contribution is 2.43. The van der Waals surface area contributed by atoms with Crippen LogP contribution in [0.2, 0.25) is 0 Å². The number of quaternary nitrogens is 1. The highest BCUT2D eigenvalue weighted by atomic mass is 31.2. The van der Waals surface area contributed by atoms with Crippen molar-refractivity contribution < 1.29 is 42.1 Å². The van der Waals surface area contributed by atoms with Crippen LogP contribution >= 0.6 is 7.82 Å². The number of hydrogen-bond acceptors (Lipinski definition) is 7. The van der Waals surface area contributed by atoms with Crippen molar-refractivity contribution in [2.75, 3.05) is 47.5 Å². The zero-order valence-electron chi connectivity index (χ0n) is 50.3. The minimum absolute atomic E-state index is 0.0135. The zero-order chi connectivity index (χ0) is 57.0. The van der Waals surface area contributed by atoms with Crippen molar-refractivity contribution in [1.82, 2.24) is 0 Å². The van der Waals surface area contributed by atoms with Crippen molar-refractivity contribution in [1.29, 1.82) is 0 Å². The van der Waals surface area contributed by atoms with Gasteiger partial charge in [0.2, 0.25) is 0 Å². The minimum atomic E-state index is -4.41. The van der Waals surface area contributed by atoms with Gasteiger partial charge in [-0.05, 0) is 89.9 Å². The Kier molecular flexibility index (Phi) is 55.0. The molecule has 0 aliphatic carbocycles. The van der Waals surface area contributed by atoms with Crippen molar-refractivity contribution in [2.45, 2.75) is 238 Å². The van der Waals surface area contributed by atoms with E-state index in [1.54, 1.807) is 6.08 Å². The molecule has 0 aliphatic rings. The SMILES string of the molecule is CC/C=C\C/C=C\C/C=C\C/C=C\C/C=C\C/C=C\CCCCCCCCCCCCCCCCCCCCCCC(=O)OC(COC(=O)C/C=C\C/C=C\C/C=C\C/C=C\C/C=C\CC)COP(=O)(O)OCC[N+](C)(C)C. The molecule has 2 atom stereocenters. The summed E-state index contributed by atoms with van der Waals surface area (Å²) in [5.74, 6) is -0.947. The number of unbranched alkanes of at least 4 members (excludes halogenated alkanes) is 20. The number of phosphoric ester groups is 1. The molecule has 10 heteroatoms. The van der Waals surface area contributed by atoms with E-state index >= 15 is 0 Å². The fraction of sp³-hybridized carbons (Fsp3) is 0.647. The smallest absolute Gasteiger partial charge is 0.461 e. The maximum atomic E-state index is 12.8. The summed E-state index contributed by atoms with van der Waals surface area (Å²) in [6, 6.07) is 0. The van der Waals surface area contributed by atoms with E-state index in [0.717, 1.165) is 83.5 Å². The Morgan fingerprint density at radius 3 is 1.09 bits per heavy atom. The molecule has 9 nitrogen and oxygen atoms in total. The molecule has 0 aliphatic heterocycles. The van der Waals surface area contributed by atoms with Crippen molar-refractivity contribution in [2.24, 2.45) is 0 Å². The first kappa shape index (κ1) is 74.2. The van der Waals surface area contributed by atoms with Gasteiger partial charge in [-0.15, -0.1) is 0 Å². The maximum absolute atomic E-state index is 12.8. The first-order valence-corrected chi connectivity index (χ1v) is 32.4. The Morgan fingerprint density at radius 1 is 0.410 bits per heavy atom. The number of hydrogen-bond donors (Lipinski definition) is 1. The number of allylic oxidation sites excluding steroid dienone is 21. The third-order valence-electron chi connectivity index (χ3n) is 12.7. The third kappa shape index (κ3) is 61.4. The molecular formula is C68H115NO8P+. The maximum Gasteiger partial charge on any atom is 0.472 e. The van der Waals surface area contributed by atoms with Gasteiger partial charge in [-0.3, -0.25) is 18.6 Å². The van der Waals surface area contributed by atoms with E-state index in [4.69, 9.17) is 18.5 Å². The standard InChI is InChI=1S/C68H114NO8P/c1-6-8-10-12-14-16-18-20-22-23-24-25-26-27-28-29-30-31-32-33-34-35-36-37-38-39-40-41-42-43-44-45-47-49-51-53-55-57-59-61-68(71)77-66(65-76-78(72,73)75-63-62-69(3,4)5)64-74-67(70)60-58-56-54-52-50-48-46-21-19-17-15-13-11-9-7-2/h8-11,14-17,20-22,24-25,27-28,30-31,46,50,52,56,58,66H,6-7,12-13,18-19,23,26,29,32-45,47-49,51,53-55,57,59-65H2,1-5H3/p+1/b10-8-,11-9-,16-14-,17-15-,22-20-,25-24-,28-27-,31-30-,46-21-,52-50-,58-56-. The van der Waals surface area contributed by atoms with Gasteiger partial charge in [0.25, 0.3) is 0 Å². The fourth-order valence-corrected chi connectivity index (χ4v) is 8.78. The lowest BCUT2D eigenvalue weighted by Crippen LogP contribution is -2.37. The average Bonchev–Trinajstić information content (AvgIpc) is 3.41. The molecule has 0 aromatic carbocycles. The fourth-order valence-electron chi connectivity index (χ4n) is 8.03. The molecule has 78 heavy (non-hydrogen) atoms. The second-order valence-corrected chi connectivity index (χ2v) is 22.8. The van der Waals surface area contributed by atoms with Crippen LogP contribution in [0.5, 0.6) is 0 Å². The normalized spacial score (nSPS) is 14.2. The van der Waals surface area contributed by atoms with Gasteiger partial charge >= 0.3 is 19.8 Å². The van der Waals surface area contributed by atoms with Crippen LogP contribution in [0.4, 0.5) is 0 Å². The molecule has 0 amide bonds. The molecule has 444 valence electrons. The number of rotatable bonds is 55. The Bertz CT molecular complexity index is 1780. The van der Waals surface area contributed by atoms with Crippen LogP contribution in [-0.4, -0.2) is 74.9 Å². The van der Waals surface area contributed by atoms with Gasteiger partial charge in [-0.2, -0.15) is 0 Å². The number of ether oxygens (including phenoxy) is 2. The largest absolute Gasteiger partial charge is 0.472 e.